The number of aryl methyl sites for hydroxylation is 1. The van der Waals surface area contributed by atoms with E-state index in [1.54, 1.807) is 23.3 Å². The Bertz CT molecular complexity index is 336. The fourth-order valence-electron chi connectivity index (χ4n) is 1.06. The van der Waals surface area contributed by atoms with Gasteiger partial charge in [0.15, 0.2) is 4.34 Å². The van der Waals surface area contributed by atoms with Crippen molar-refractivity contribution in [2.24, 2.45) is 5.10 Å². The maximum atomic E-state index is 4.37. The zero-order valence-electron chi connectivity index (χ0n) is 8.17. The van der Waals surface area contributed by atoms with Crippen LogP contribution in [0.5, 0.6) is 0 Å². The summed E-state index contributed by atoms with van der Waals surface area (Å²) in [6.45, 7) is 5.97. The van der Waals surface area contributed by atoms with Crippen LogP contribution in [0.25, 0.3) is 0 Å². The molecule has 6 heteroatoms. The van der Waals surface area contributed by atoms with Crippen molar-refractivity contribution in [3.63, 3.8) is 0 Å². The van der Waals surface area contributed by atoms with E-state index in [2.05, 4.69) is 27.3 Å². The number of rotatable bonds is 3. The van der Waals surface area contributed by atoms with Crippen LogP contribution >= 0.6 is 23.3 Å². The van der Waals surface area contributed by atoms with Crippen molar-refractivity contribution in [2.45, 2.75) is 18.2 Å². The minimum absolute atomic E-state index is 0.847. The van der Waals surface area contributed by atoms with Gasteiger partial charge in [-0.2, -0.15) is 5.10 Å². The highest BCUT2D eigenvalue weighted by Crippen LogP contribution is 2.27. The van der Waals surface area contributed by atoms with Crippen LogP contribution in [0, 0.1) is 6.92 Å². The maximum Gasteiger partial charge on any atom is 0.172 e. The van der Waals surface area contributed by atoms with Gasteiger partial charge < -0.3 is 4.90 Å². The highest BCUT2D eigenvalue weighted by molar-refractivity contribution is 7.98. The molecule has 1 aliphatic rings. The van der Waals surface area contributed by atoms with Crippen LogP contribution in [0.3, 0.4) is 0 Å². The van der Waals surface area contributed by atoms with Crippen LogP contribution in [0.2, 0.25) is 0 Å². The maximum absolute atomic E-state index is 4.37. The number of hydrazone groups is 1. The molecule has 0 atom stereocenters. The summed E-state index contributed by atoms with van der Waals surface area (Å²) in [6.07, 6.45) is 1.87. The Kier molecular flexibility index (Phi) is 2.93. The van der Waals surface area contributed by atoms with Gasteiger partial charge in [0.1, 0.15) is 13.0 Å². The fourth-order valence-corrected chi connectivity index (χ4v) is 2.81. The first kappa shape index (κ1) is 9.79. The van der Waals surface area contributed by atoms with Crippen molar-refractivity contribution in [2.75, 3.05) is 13.2 Å². The second-order valence-corrected chi connectivity index (χ2v) is 5.08. The molecule has 1 aromatic heterocycles. The molecule has 14 heavy (non-hydrogen) atoms. The molecule has 2 rings (SSSR count). The molecular formula is C8H12N4S2. The third-order valence-electron chi connectivity index (χ3n) is 1.83. The molecule has 76 valence electrons. The predicted molar refractivity (Wildman–Crippen MR) is 60.3 cm³/mol. The van der Waals surface area contributed by atoms with E-state index in [1.807, 2.05) is 17.7 Å². The van der Waals surface area contributed by atoms with Gasteiger partial charge in [-0.3, -0.25) is 0 Å². The predicted octanol–water partition coefficient (Wildman–Crippen LogP) is 2.00. The Morgan fingerprint density at radius 2 is 2.50 bits per heavy atom. The van der Waals surface area contributed by atoms with E-state index < -0.39 is 0 Å². The molecule has 0 aromatic carbocycles. The van der Waals surface area contributed by atoms with Crippen LogP contribution in [0.1, 0.15) is 12.6 Å². The molecule has 0 saturated carbocycles. The van der Waals surface area contributed by atoms with E-state index in [9.17, 15) is 0 Å². The Labute approximate surface area is 91.8 Å². The zero-order chi connectivity index (χ0) is 9.97. The molecule has 4 nitrogen and oxygen atoms in total. The van der Waals surface area contributed by atoms with Gasteiger partial charge in [0.05, 0.1) is 0 Å². The summed E-state index contributed by atoms with van der Waals surface area (Å²) < 4.78 is 3.00. The minimum atomic E-state index is 0.847. The fraction of sp³-hybridized carbons (Fsp3) is 0.500. The van der Waals surface area contributed by atoms with E-state index in [-0.39, 0.29) is 0 Å². The Morgan fingerprint density at radius 3 is 3.07 bits per heavy atom. The Balaban J connectivity index is 1.91. The summed E-state index contributed by atoms with van der Waals surface area (Å²) in [5, 5.41) is 6.31. The smallest absolute Gasteiger partial charge is 0.172 e. The molecule has 0 spiro atoms. The van der Waals surface area contributed by atoms with Gasteiger partial charge in [-0.15, -0.1) is 11.3 Å². The normalized spacial score (nSPS) is 15.6. The molecule has 0 bridgehead atoms. The second-order valence-electron chi connectivity index (χ2n) is 2.98. The lowest BCUT2D eigenvalue weighted by Crippen LogP contribution is -2.22. The van der Waals surface area contributed by atoms with Gasteiger partial charge in [-0.1, -0.05) is 0 Å². The summed E-state index contributed by atoms with van der Waals surface area (Å²) >= 11 is 3.26. The molecule has 0 amide bonds. The summed E-state index contributed by atoms with van der Waals surface area (Å²) in [7, 11) is 0. The molecule has 0 saturated heterocycles. The molecular weight excluding hydrogens is 216 g/mol. The lowest BCUT2D eigenvalue weighted by molar-refractivity contribution is 0.370. The van der Waals surface area contributed by atoms with Crippen LogP contribution in [0.4, 0.5) is 0 Å². The lowest BCUT2D eigenvalue weighted by atomic mass is 10.6. The highest BCUT2D eigenvalue weighted by atomic mass is 32.2. The van der Waals surface area contributed by atoms with Gasteiger partial charge in [-0.25, -0.2) is 9.40 Å². The van der Waals surface area contributed by atoms with Crippen molar-refractivity contribution < 1.29 is 0 Å². The molecule has 0 fully saturated rings. The quantitative estimate of drug-likeness (QED) is 0.741. The van der Waals surface area contributed by atoms with Crippen LogP contribution in [0.15, 0.2) is 14.8 Å². The van der Waals surface area contributed by atoms with Crippen molar-refractivity contribution in [3.8, 4) is 0 Å². The highest BCUT2D eigenvalue weighted by Gasteiger charge is 2.14. The minimum Gasteiger partial charge on any atom is -0.341 e. The van der Waals surface area contributed by atoms with Gasteiger partial charge in [0, 0.05) is 29.6 Å². The molecule has 0 radical (unpaired) electrons. The zero-order valence-corrected chi connectivity index (χ0v) is 9.81. The average Bonchev–Trinajstić information content (AvgIpc) is 2.76. The first-order valence-corrected chi connectivity index (χ1v) is 6.09. The molecule has 0 aliphatic carbocycles. The van der Waals surface area contributed by atoms with Crippen molar-refractivity contribution >= 4 is 29.6 Å². The Hall–Kier alpha value is -0.750. The SMILES string of the molecule is CCN1C=NN(Sc2nc(C)cs2)C1. The summed E-state index contributed by atoms with van der Waals surface area (Å²) in [6, 6.07) is 0. The largest absolute Gasteiger partial charge is 0.341 e. The van der Waals surface area contributed by atoms with Gasteiger partial charge in [0.2, 0.25) is 0 Å². The number of nitrogens with zero attached hydrogens (tertiary/aromatic N) is 4. The van der Waals surface area contributed by atoms with Crippen molar-refractivity contribution in [3.05, 3.63) is 11.1 Å². The third kappa shape index (κ3) is 2.19. The number of thiazole rings is 1. The molecule has 1 aliphatic heterocycles. The number of aromatic nitrogens is 1. The van der Waals surface area contributed by atoms with Crippen molar-refractivity contribution in [1.29, 1.82) is 0 Å². The van der Waals surface area contributed by atoms with E-state index in [4.69, 9.17) is 0 Å². The summed E-state index contributed by atoms with van der Waals surface area (Å²) in [5.74, 6) is 0. The van der Waals surface area contributed by atoms with E-state index >= 15 is 0 Å². The summed E-state index contributed by atoms with van der Waals surface area (Å²) in [4.78, 5) is 6.52. The average molecular weight is 228 g/mol. The van der Waals surface area contributed by atoms with E-state index in [1.165, 1.54) is 0 Å². The van der Waals surface area contributed by atoms with E-state index in [0.717, 1.165) is 23.2 Å². The molecule has 2 heterocycles. The standard InChI is InChI=1S/C8H12N4S2/c1-3-11-5-9-12(6-11)14-8-10-7(2)4-13-8/h4-5H,3,6H2,1-2H3. The van der Waals surface area contributed by atoms with Gasteiger partial charge in [0.25, 0.3) is 0 Å². The third-order valence-corrected chi connectivity index (χ3v) is 3.77. The molecule has 0 unspecified atom stereocenters. The first-order chi connectivity index (χ1) is 6.78. The van der Waals surface area contributed by atoms with Gasteiger partial charge in [-0.05, 0) is 13.8 Å². The van der Waals surface area contributed by atoms with E-state index in [0.29, 0.717) is 0 Å². The molecule has 0 N–H and O–H groups in total. The number of hydrogen-bond acceptors (Lipinski definition) is 6. The second kappa shape index (κ2) is 4.18. The van der Waals surface area contributed by atoms with Crippen LogP contribution in [-0.2, 0) is 0 Å². The van der Waals surface area contributed by atoms with Crippen molar-refractivity contribution in [1.82, 2.24) is 14.3 Å². The lowest BCUT2D eigenvalue weighted by Gasteiger charge is -2.14. The molecule has 1 aromatic rings. The van der Waals surface area contributed by atoms with Crippen LogP contribution < -0.4 is 0 Å². The topological polar surface area (TPSA) is 31.7 Å². The van der Waals surface area contributed by atoms with Gasteiger partial charge >= 0.3 is 0 Å². The number of hydrogen-bond donors (Lipinski definition) is 0. The monoisotopic (exact) mass is 228 g/mol. The first-order valence-electron chi connectivity index (χ1n) is 4.43. The summed E-state index contributed by atoms with van der Waals surface area (Å²) in [5.41, 5.74) is 1.08. The Morgan fingerprint density at radius 1 is 1.64 bits per heavy atom. The van der Waals surface area contributed by atoms with Crippen LogP contribution in [-0.4, -0.2) is 33.9 Å².